The number of carbonyl (C=O) groups excluding carboxylic acids is 4. The molecule has 1 heterocycles. The van der Waals surface area contributed by atoms with Crippen LogP contribution in [-0.2, 0) is 63.0 Å². The zero-order valence-corrected chi connectivity index (χ0v) is 15.6. The minimum Gasteiger partial charge on any atom is -0.338 e. The predicted molar refractivity (Wildman–Crippen MR) is 78.6 cm³/mol. The summed E-state index contributed by atoms with van der Waals surface area (Å²) in [6.45, 7) is 2.99. The number of rotatable bonds is 9. The lowest BCUT2D eigenvalue weighted by Crippen LogP contribution is -2.65. The van der Waals surface area contributed by atoms with Crippen LogP contribution in [0.15, 0.2) is 0 Å². The van der Waals surface area contributed by atoms with Crippen molar-refractivity contribution in [2.45, 2.75) is 58.2 Å². The minimum absolute atomic E-state index is 0.780. The van der Waals surface area contributed by atoms with Crippen molar-refractivity contribution < 1.29 is 72.5 Å². The van der Waals surface area contributed by atoms with Crippen LogP contribution in [0.2, 0.25) is 0 Å². The van der Waals surface area contributed by atoms with Gasteiger partial charge in [0.2, 0.25) is 6.10 Å². The molecule has 2 unspecified atom stereocenters. The summed E-state index contributed by atoms with van der Waals surface area (Å²) in [7, 11) is 0. The summed E-state index contributed by atoms with van der Waals surface area (Å²) in [4.78, 5) is 79.3. The molecular formula is C14H19FO14. The quantitative estimate of drug-likeness (QED) is 0.352. The molecule has 0 aromatic heterocycles. The number of carbonyl (C=O) groups is 4. The maximum Gasteiger partial charge on any atom is 0.352 e. The number of aliphatic hydroxyl groups is 1. The first-order valence-corrected chi connectivity index (χ1v) is 7.84. The van der Waals surface area contributed by atoms with E-state index >= 15 is 0 Å². The normalized spacial score (nSPS) is 28.9. The van der Waals surface area contributed by atoms with Crippen LogP contribution < -0.4 is 0 Å². The summed E-state index contributed by atoms with van der Waals surface area (Å²) in [6, 6.07) is -3.74. The Hall–Kier alpha value is -2.43. The van der Waals surface area contributed by atoms with Gasteiger partial charge in [-0.15, -0.1) is 0 Å². The molecule has 0 radical (unpaired) electrons. The summed E-state index contributed by atoms with van der Waals surface area (Å²) >= 11 is 0. The predicted octanol–water partition coefficient (Wildman–Crippen LogP) is -0.915. The van der Waals surface area contributed by atoms with Crippen LogP contribution in [0, 0.1) is 0 Å². The van der Waals surface area contributed by atoms with E-state index in [1.165, 1.54) is 0 Å². The molecule has 0 aromatic carbocycles. The Morgan fingerprint density at radius 2 is 1.28 bits per heavy atom. The SMILES string of the molecule is CC(=O)OOCC1OC(O)(F)[C@H](OOC(C)=O)[C@@H](OOC(C)=O)[C@H]1OOC(C)=O. The third-order valence-corrected chi connectivity index (χ3v) is 2.89. The van der Waals surface area contributed by atoms with Gasteiger partial charge in [-0.2, -0.15) is 23.9 Å². The fourth-order valence-electron chi connectivity index (χ4n) is 1.95. The first-order chi connectivity index (χ1) is 13.4. The van der Waals surface area contributed by atoms with E-state index in [0.717, 1.165) is 27.7 Å². The fourth-order valence-corrected chi connectivity index (χ4v) is 1.95. The molecule has 5 atom stereocenters. The Morgan fingerprint density at radius 1 is 0.828 bits per heavy atom. The number of hydrogen-bond acceptors (Lipinski definition) is 14. The second kappa shape index (κ2) is 10.9. The van der Waals surface area contributed by atoms with Gasteiger partial charge in [0, 0.05) is 27.7 Å². The lowest BCUT2D eigenvalue weighted by Gasteiger charge is -2.42. The number of alkyl halides is 1. The Kier molecular flexibility index (Phi) is 9.28. The van der Waals surface area contributed by atoms with E-state index in [4.69, 9.17) is 14.5 Å². The third kappa shape index (κ3) is 8.22. The molecule has 1 aliphatic rings. The lowest BCUT2D eigenvalue weighted by molar-refractivity contribution is -0.500. The molecule has 15 heteroatoms. The van der Waals surface area contributed by atoms with Crippen LogP contribution in [-0.4, -0.2) is 66.0 Å². The molecule has 0 saturated carbocycles. The Bertz CT molecular complexity index is 607. The summed E-state index contributed by atoms with van der Waals surface area (Å²) in [6.07, 6.45) is -7.68. The van der Waals surface area contributed by atoms with Crippen LogP contribution in [0.25, 0.3) is 0 Å². The summed E-state index contributed by atoms with van der Waals surface area (Å²) in [5.74, 6) is -3.90. The van der Waals surface area contributed by atoms with Crippen molar-refractivity contribution in [1.82, 2.24) is 0 Å². The van der Waals surface area contributed by atoms with Gasteiger partial charge in [0.25, 0.3) is 0 Å². The van der Waals surface area contributed by atoms with Crippen LogP contribution in [0.3, 0.4) is 0 Å². The van der Waals surface area contributed by atoms with Gasteiger partial charge < -0.3 is 9.84 Å². The molecule has 166 valence electrons. The molecule has 29 heavy (non-hydrogen) atoms. The first-order valence-electron chi connectivity index (χ1n) is 7.84. The van der Waals surface area contributed by atoms with Crippen molar-refractivity contribution in [3.05, 3.63) is 0 Å². The molecule has 0 spiro atoms. The van der Waals surface area contributed by atoms with Gasteiger partial charge in [0.05, 0.1) is 0 Å². The van der Waals surface area contributed by atoms with E-state index in [-0.39, 0.29) is 0 Å². The van der Waals surface area contributed by atoms with Gasteiger partial charge in [-0.3, -0.25) is 19.6 Å². The Labute approximate surface area is 162 Å². The summed E-state index contributed by atoms with van der Waals surface area (Å²) < 4.78 is 19.3. The van der Waals surface area contributed by atoms with E-state index in [2.05, 4.69) is 29.3 Å². The van der Waals surface area contributed by atoms with Crippen molar-refractivity contribution in [1.29, 1.82) is 0 Å². The highest BCUT2D eigenvalue weighted by Crippen LogP contribution is 2.35. The Balaban J connectivity index is 3.15. The highest BCUT2D eigenvalue weighted by molar-refractivity contribution is 5.66. The van der Waals surface area contributed by atoms with Gasteiger partial charge in [-0.1, -0.05) is 0 Å². The van der Waals surface area contributed by atoms with Crippen molar-refractivity contribution in [2.24, 2.45) is 0 Å². The number of hydrogen-bond donors (Lipinski definition) is 1. The molecule has 1 aliphatic heterocycles. The topological polar surface area (TPSA) is 172 Å². The van der Waals surface area contributed by atoms with Crippen LogP contribution in [0.4, 0.5) is 4.39 Å². The average Bonchev–Trinajstić information content (AvgIpc) is 2.56. The van der Waals surface area contributed by atoms with E-state index in [9.17, 15) is 28.7 Å². The smallest absolute Gasteiger partial charge is 0.338 e. The highest BCUT2D eigenvalue weighted by Gasteiger charge is 2.61. The second-order valence-electron chi connectivity index (χ2n) is 5.49. The summed E-state index contributed by atoms with van der Waals surface area (Å²) in [5, 5.41) is 9.90. The maximum absolute atomic E-state index is 14.6. The van der Waals surface area contributed by atoms with Gasteiger partial charge in [0.1, 0.15) is 12.7 Å². The molecule has 1 fully saturated rings. The molecule has 0 aromatic rings. The highest BCUT2D eigenvalue weighted by atomic mass is 19.2. The van der Waals surface area contributed by atoms with E-state index in [1.807, 2.05) is 0 Å². The van der Waals surface area contributed by atoms with E-state index in [1.54, 1.807) is 0 Å². The molecular weight excluding hydrogens is 411 g/mol. The third-order valence-electron chi connectivity index (χ3n) is 2.89. The van der Waals surface area contributed by atoms with Crippen LogP contribution in [0.1, 0.15) is 27.7 Å². The zero-order chi connectivity index (χ0) is 22.2. The molecule has 1 N–H and O–H groups in total. The average molecular weight is 430 g/mol. The molecule has 0 aliphatic carbocycles. The first kappa shape index (κ1) is 24.6. The minimum atomic E-state index is -3.74. The number of halogens is 1. The second-order valence-corrected chi connectivity index (χ2v) is 5.49. The van der Waals surface area contributed by atoms with Crippen molar-refractivity contribution in [3.63, 3.8) is 0 Å². The van der Waals surface area contributed by atoms with Crippen molar-refractivity contribution in [3.8, 4) is 0 Å². The molecule has 1 saturated heterocycles. The van der Waals surface area contributed by atoms with Gasteiger partial charge in [-0.05, 0) is 0 Å². The van der Waals surface area contributed by atoms with Gasteiger partial charge in [0.15, 0.2) is 12.2 Å². The number of ether oxygens (including phenoxy) is 1. The lowest BCUT2D eigenvalue weighted by atomic mass is 9.98. The Morgan fingerprint density at radius 3 is 1.76 bits per heavy atom. The van der Waals surface area contributed by atoms with Crippen molar-refractivity contribution in [2.75, 3.05) is 6.61 Å². The molecule has 1 rings (SSSR count). The van der Waals surface area contributed by atoms with E-state index < -0.39 is 60.9 Å². The standard InChI is InChI=1S/C14H19FO14/c1-6(16)23-21-5-10-11(27-24-7(2)17)12(28-25-8(3)18)13(14(15,20)22-10)29-26-9(4)19/h10-13,20H,5H2,1-4H3/t10?,11-,12-,13+,14?/m0/s1. The van der Waals surface area contributed by atoms with Gasteiger partial charge >= 0.3 is 29.9 Å². The van der Waals surface area contributed by atoms with Gasteiger partial charge in [-0.25, -0.2) is 19.2 Å². The van der Waals surface area contributed by atoms with Crippen LogP contribution in [0.5, 0.6) is 0 Å². The van der Waals surface area contributed by atoms with Crippen LogP contribution >= 0.6 is 0 Å². The van der Waals surface area contributed by atoms with E-state index in [0.29, 0.717) is 0 Å². The maximum atomic E-state index is 14.6. The molecule has 0 bridgehead atoms. The summed E-state index contributed by atoms with van der Waals surface area (Å²) in [5.41, 5.74) is 0. The zero-order valence-electron chi connectivity index (χ0n) is 15.6. The monoisotopic (exact) mass is 430 g/mol. The largest absolute Gasteiger partial charge is 0.352 e. The fraction of sp³-hybridized carbons (Fsp3) is 0.714. The van der Waals surface area contributed by atoms with Crippen molar-refractivity contribution >= 4 is 23.9 Å². The molecule has 14 nitrogen and oxygen atoms in total. The molecule has 0 amide bonds.